The van der Waals surface area contributed by atoms with Crippen molar-refractivity contribution < 1.29 is 9.18 Å². The fourth-order valence-electron chi connectivity index (χ4n) is 1.23. The molecule has 1 rings (SSSR count). The van der Waals surface area contributed by atoms with Crippen molar-refractivity contribution in [2.75, 3.05) is 5.32 Å². The summed E-state index contributed by atoms with van der Waals surface area (Å²) in [6, 6.07) is 2.99. The molecule has 4 heteroatoms. The second-order valence-corrected chi connectivity index (χ2v) is 5.63. The van der Waals surface area contributed by atoms with Crippen molar-refractivity contribution >= 4 is 27.5 Å². The first kappa shape index (κ1) is 14.2. The molecule has 0 spiro atoms. The first-order chi connectivity index (χ1) is 7.77. The van der Waals surface area contributed by atoms with Gasteiger partial charge in [0.15, 0.2) is 0 Å². The first-order valence-electron chi connectivity index (χ1n) is 5.55. The van der Waals surface area contributed by atoms with Crippen molar-refractivity contribution in [3.8, 4) is 0 Å². The maximum atomic E-state index is 13.2. The second kappa shape index (κ2) is 5.17. The summed E-state index contributed by atoms with van der Waals surface area (Å²) in [6.45, 7) is 7.50. The molecule has 94 valence electrons. The SMILES string of the molecule is CCC(C)(C)C(=O)Nc1cc(Br)c(F)cc1C. The average molecular weight is 302 g/mol. The minimum absolute atomic E-state index is 0.0541. The van der Waals surface area contributed by atoms with Crippen molar-refractivity contribution in [1.82, 2.24) is 0 Å². The maximum absolute atomic E-state index is 13.2. The standard InChI is InChI=1S/C13H17BrFNO/c1-5-13(3,4)12(17)16-11-7-9(14)10(15)6-8(11)2/h6-7H,5H2,1-4H3,(H,16,17). The summed E-state index contributed by atoms with van der Waals surface area (Å²) < 4.78 is 13.6. The zero-order valence-electron chi connectivity index (χ0n) is 10.5. The van der Waals surface area contributed by atoms with Gasteiger partial charge < -0.3 is 5.32 Å². The molecule has 1 amide bonds. The smallest absolute Gasteiger partial charge is 0.230 e. The molecule has 0 aliphatic rings. The Hall–Kier alpha value is -0.900. The average Bonchev–Trinajstić information content (AvgIpc) is 2.25. The van der Waals surface area contributed by atoms with Crippen LogP contribution in [-0.2, 0) is 4.79 Å². The summed E-state index contributed by atoms with van der Waals surface area (Å²) in [5.74, 6) is -0.378. The Kier molecular flexibility index (Phi) is 4.31. The van der Waals surface area contributed by atoms with Crippen LogP contribution in [0.3, 0.4) is 0 Å². The van der Waals surface area contributed by atoms with Gasteiger partial charge in [0.25, 0.3) is 0 Å². The van der Waals surface area contributed by atoms with E-state index in [2.05, 4.69) is 21.2 Å². The number of rotatable bonds is 3. The Morgan fingerprint density at radius 2 is 2.06 bits per heavy atom. The molecule has 0 bridgehead atoms. The number of anilines is 1. The van der Waals surface area contributed by atoms with E-state index in [1.54, 1.807) is 13.0 Å². The normalized spacial score (nSPS) is 11.4. The van der Waals surface area contributed by atoms with Crippen LogP contribution in [0.4, 0.5) is 10.1 Å². The van der Waals surface area contributed by atoms with Crippen molar-refractivity contribution in [2.24, 2.45) is 5.41 Å². The van der Waals surface area contributed by atoms with Gasteiger partial charge in [-0.3, -0.25) is 4.79 Å². The lowest BCUT2D eigenvalue weighted by Crippen LogP contribution is -2.30. The Morgan fingerprint density at radius 3 is 2.59 bits per heavy atom. The summed E-state index contributed by atoms with van der Waals surface area (Å²) in [5.41, 5.74) is 0.934. The predicted octanol–water partition coefficient (Wildman–Crippen LogP) is 4.27. The van der Waals surface area contributed by atoms with Crippen molar-refractivity contribution in [3.63, 3.8) is 0 Å². The predicted molar refractivity (Wildman–Crippen MR) is 71.5 cm³/mol. The fraction of sp³-hybridized carbons (Fsp3) is 0.462. The van der Waals surface area contributed by atoms with Gasteiger partial charge in [-0.15, -0.1) is 0 Å². The highest BCUT2D eigenvalue weighted by Crippen LogP contribution is 2.27. The highest BCUT2D eigenvalue weighted by atomic mass is 79.9. The second-order valence-electron chi connectivity index (χ2n) is 4.77. The number of halogens is 2. The van der Waals surface area contributed by atoms with E-state index in [1.165, 1.54) is 6.07 Å². The van der Waals surface area contributed by atoms with E-state index in [0.29, 0.717) is 15.7 Å². The monoisotopic (exact) mass is 301 g/mol. The van der Waals surface area contributed by atoms with E-state index in [1.807, 2.05) is 20.8 Å². The number of carbonyl (C=O) groups excluding carboxylic acids is 1. The molecule has 0 atom stereocenters. The zero-order chi connectivity index (χ0) is 13.2. The van der Waals surface area contributed by atoms with E-state index in [4.69, 9.17) is 0 Å². The Bertz CT molecular complexity index is 443. The van der Waals surface area contributed by atoms with Gasteiger partial charge in [-0.25, -0.2) is 4.39 Å². The van der Waals surface area contributed by atoms with Gasteiger partial charge in [0, 0.05) is 11.1 Å². The molecule has 2 nitrogen and oxygen atoms in total. The van der Waals surface area contributed by atoms with Crippen LogP contribution in [0.1, 0.15) is 32.8 Å². The van der Waals surface area contributed by atoms with E-state index in [9.17, 15) is 9.18 Å². The van der Waals surface area contributed by atoms with Crippen molar-refractivity contribution in [2.45, 2.75) is 34.1 Å². The highest BCUT2D eigenvalue weighted by Gasteiger charge is 2.25. The minimum Gasteiger partial charge on any atom is -0.325 e. The topological polar surface area (TPSA) is 29.1 Å². The van der Waals surface area contributed by atoms with Crippen LogP contribution in [0.5, 0.6) is 0 Å². The van der Waals surface area contributed by atoms with Crippen LogP contribution < -0.4 is 5.32 Å². The zero-order valence-corrected chi connectivity index (χ0v) is 12.1. The summed E-state index contributed by atoms with van der Waals surface area (Å²) in [4.78, 5) is 12.0. The minimum atomic E-state index is -0.423. The van der Waals surface area contributed by atoms with Crippen LogP contribution in [0.2, 0.25) is 0 Å². The van der Waals surface area contributed by atoms with Crippen LogP contribution in [0.15, 0.2) is 16.6 Å². The molecule has 0 fully saturated rings. The quantitative estimate of drug-likeness (QED) is 0.887. The summed E-state index contributed by atoms with van der Waals surface area (Å²) >= 11 is 3.11. The van der Waals surface area contributed by atoms with E-state index in [0.717, 1.165) is 6.42 Å². The Balaban J connectivity index is 2.97. The number of hydrogen-bond donors (Lipinski definition) is 1. The van der Waals surface area contributed by atoms with Gasteiger partial charge in [0.1, 0.15) is 5.82 Å². The van der Waals surface area contributed by atoms with Crippen LogP contribution in [0, 0.1) is 18.2 Å². The van der Waals surface area contributed by atoms with Crippen molar-refractivity contribution in [3.05, 3.63) is 28.0 Å². The molecule has 0 aliphatic carbocycles. The molecule has 0 aromatic heterocycles. The molecule has 1 aromatic rings. The van der Waals surface area contributed by atoms with Gasteiger partial charge in [0.2, 0.25) is 5.91 Å². The first-order valence-corrected chi connectivity index (χ1v) is 6.34. The molecule has 0 radical (unpaired) electrons. The third-order valence-electron chi connectivity index (χ3n) is 3.01. The fourth-order valence-corrected chi connectivity index (χ4v) is 1.58. The summed E-state index contributed by atoms with van der Waals surface area (Å²) in [5, 5.41) is 2.83. The number of aryl methyl sites for hydroxylation is 1. The van der Waals surface area contributed by atoms with Gasteiger partial charge in [0.05, 0.1) is 4.47 Å². The van der Waals surface area contributed by atoms with Gasteiger partial charge in [-0.05, 0) is 47.0 Å². The van der Waals surface area contributed by atoms with E-state index < -0.39 is 5.41 Å². The summed E-state index contributed by atoms with van der Waals surface area (Å²) in [6.07, 6.45) is 0.750. The van der Waals surface area contributed by atoms with Gasteiger partial charge in [-0.2, -0.15) is 0 Å². The summed E-state index contributed by atoms with van der Waals surface area (Å²) in [7, 11) is 0. The number of carbonyl (C=O) groups is 1. The largest absolute Gasteiger partial charge is 0.325 e. The van der Waals surface area contributed by atoms with Crippen LogP contribution in [-0.4, -0.2) is 5.91 Å². The number of nitrogens with one attached hydrogen (secondary N) is 1. The molecule has 0 unspecified atom stereocenters. The molecule has 0 heterocycles. The molecular weight excluding hydrogens is 285 g/mol. The highest BCUT2D eigenvalue weighted by molar-refractivity contribution is 9.10. The maximum Gasteiger partial charge on any atom is 0.230 e. The third-order valence-corrected chi connectivity index (χ3v) is 3.62. The van der Waals surface area contributed by atoms with Crippen molar-refractivity contribution in [1.29, 1.82) is 0 Å². The number of benzene rings is 1. The number of amides is 1. The van der Waals surface area contributed by atoms with Crippen LogP contribution >= 0.6 is 15.9 Å². The lowest BCUT2D eigenvalue weighted by atomic mass is 9.89. The Labute approximate surface area is 110 Å². The Morgan fingerprint density at radius 1 is 1.47 bits per heavy atom. The van der Waals surface area contributed by atoms with E-state index >= 15 is 0 Å². The molecule has 0 aliphatic heterocycles. The van der Waals surface area contributed by atoms with Gasteiger partial charge >= 0.3 is 0 Å². The lowest BCUT2D eigenvalue weighted by molar-refractivity contribution is -0.124. The van der Waals surface area contributed by atoms with E-state index in [-0.39, 0.29) is 11.7 Å². The lowest BCUT2D eigenvalue weighted by Gasteiger charge is -2.22. The van der Waals surface area contributed by atoms with Crippen LogP contribution in [0.25, 0.3) is 0 Å². The molecule has 1 aromatic carbocycles. The third kappa shape index (κ3) is 3.28. The molecule has 0 saturated heterocycles. The molecule has 1 N–H and O–H groups in total. The number of hydrogen-bond acceptors (Lipinski definition) is 1. The van der Waals surface area contributed by atoms with Gasteiger partial charge in [-0.1, -0.05) is 20.8 Å². The molecule has 17 heavy (non-hydrogen) atoms. The molecule has 0 saturated carbocycles. The molecular formula is C13H17BrFNO.